The quantitative estimate of drug-likeness (QED) is 0.675. The van der Waals surface area contributed by atoms with E-state index >= 15 is 0 Å². The highest BCUT2D eigenvalue weighted by Gasteiger charge is 1.85. The van der Waals surface area contributed by atoms with Gasteiger partial charge in [-0.25, -0.2) is 4.98 Å². The molecule has 0 N–H and O–H groups in total. The first-order chi connectivity index (χ1) is 5.85. The average Bonchev–Trinajstić information content (AvgIpc) is 2.08. The molecule has 0 aliphatic rings. The molecule has 1 heterocycles. The minimum absolute atomic E-state index is 0.678. The molecule has 0 aliphatic carbocycles. The van der Waals surface area contributed by atoms with Gasteiger partial charge in [0.1, 0.15) is 0 Å². The van der Waals surface area contributed by atoms with Crippen molar-refractivity contribution in [3.63, 3.8) is 0 Å². The molecule has 12 heavy (non-hydrogen) atoms. The molecule has 1 aromatic heterocycles. The molecule has 0 spiro atoms. The lowest BCUT2D eigenvalue weighted by atomic mass is 10.5. The summed E-state index contributed by atoms with van der Waals surface area (Å²) in [5.41, 5.74) is 0. The molecule has 0 aromatic carbocycles. The molecule has 0 radical (unpaired) electrons. The third-order valence-electron chi connectivity index (χ3n) is 0.930. The predicted molar refractivity (Wildman–Crippen MR) is 51.4 cm³/mol. The third kappa shape index (κ3) is 5.71. The lowest BCUT2D eigenvalue weighted by molar-refractivity contribution is 0.327. The molecule has 0 fully saturated rings. The second-order valence-electron chi connectivity index (χ2n) is 2.31. The lowest BCUT2D eigenvalue weighted by Crippen LogP contribution is -1.92. The number of rotatable bonds is 2. The maximum Gasteiger partial charge on any atom is 0.213 e. The van der Waals surface area contributed by atoms with Crippen LogP contribution in [0, 0.1) is 0 Å². The third-order valence-corrected chi connectivity index (χ3v) is 0.930. The Morgan fingerprint density at radius 2 is 1.92 bits per heavy atom. The summed E-state index contributed by atoms with van der Waals surface area (Å²) in [7, 11) is 0. The van der Waals surface area contributed by atoms with E-state index in [1.54, 1.807) is 6.20 Å². The van der Waals surface area contributed by atoms with Crippen molar-refractivity contribution in [2.24, 2.45) is 0 Å². The molecule has 0 saturated carbocycles. The van der Waals surface area contributed by atoms with Gasteiger partial charge in [0.15, 0.2) is 0 Å². The van der Waals surface area contributed by atoms with Crippen molar-refractivity contribution < 1.29 is 4.74 Å². The van der Waals surface area contributed by atoms with Crippen LogP contribution >= 0.6 is 0 Å². The summed E-state index contributed by atoms with van der Waals surface area (Å²) in [6.07, 6.45) is 2.96. The summed E-state index contributed by atoms with van der Waals surface area (Å²) < 4.78 is 5.09. The van der Waals surface area contributed by atoms with E-state index in [0.717, 1.165) is 0 Å². The van der Waals surface area contributed by atoms with Gasteiger partial charge in [0, 0.05) is 12.3 Å². The van der Waals surface area contributed by atoms with E-state index in [1.807, 2.05) is 25.1 Å². The second-order valence-corrected chi connectivity index (χ2v) is 2.31. The van der Waals surface area contributed by atoms with Crippen LogP contribution in [0.3, 0.4) is 0 Å². The van der Waals surface area contributed by atoms with Crippen molar-refractivity contribution in [1.82, 2.24) is 4.98 Å². The second kappa shape index (κ2) is 8.05. The molecule has 2 heteroatoms. The van der Waals surface area contributed by atoms with E-state index in [9.17, 15) is 0 Å². The Kier molecular flexibility index (Phi) is 7.35. The first kappa shape index (κ1) is 11.0. The van der Waals surface area contributed by atoms with Crippen molar-refractivity contribution in [2.75, 3.05) is 6.61 Å². The van der Waals surface area contributed by atoms with Gasteiger partial charge in [-0.2, -0.15) is 0 Å². The van der Waals surface area contributed by atoms with Crippen LogP contribution in [-0.2, 0) is 0 Å². The van der Waals surface area contributed by atoms with Gasteiger partial charge in [-0.1, -0.05) is 26.3 Å². The molecule has 0 amide bonds. The standard InChI is InChI=1S/C7H9NO.C3H8/c1-2-9-7-5-3-4-6-8-7;1-3-2/h3-6H,2H2,1H3;3H2,1-2H3. The van der Waals surface area contributed by atoms with Crippen molar-refractivity contribution in [3.8, 4) is 5.88 Å². The molecule has 1 rings (SSSR count). The Labute approximate surface area is 74.6 Å². The van der Waals surface area contributed by atoms with Gasteiger partial charge >= 0.3 is 0 Å². The van der Waals surface area contributed by atoms with Gasteiger partial charge in [-0.05, 0) is 13.0 Å². The largest absolute Gasteiger partial charge is 0.478 e. The van der Waals surface area contributed by atoms with Crippen molar-refractivity contribution in [3.05, 3.63) is 24.4 Å². The van der Waals surface area contributed by atoms with E-state index < -0.39 is 0 Å². The molecule has 0 saturated heterocycles. The number of hydrogen-bond donors (Lipinski definition) is 0. The zero-order chi connectivity index (χ0) is 9.23. The topological polar surface area (TPSA) is 22.1 Å². The van der Waals surface area contributed by atoms with Crippen LogP contribution in [0.2, 0.25) is 0 Å². The number of pyridine rings is 1. The molecule has 0 atom stereocenters. The van der Waals surface area contributed by atoms with Gasteiger partial charge in [-0.3, -0.25) is 0 Å². The Bertz CT molecular complexity index is 174. The molecule has 68 valence electrons. The fourth-order valence-corrected chi connectivity index (χ4v) is 0.580. The van der Waals surface area contributed by atoms with E-state index in [4.69, 9.17) is 4.74 Å². The fraction of sp³-hybridized carbons (Fsp3) is 0.500. The molecule has 0 aliphatic heterocycles. The minimum Gasteiger partial charge on any atom is -0.478 e. The number of hydrogen-bond acceptors (Lipinski definition) is 2. The van der Waals surface area contributed by atoms with Crippen molar-refractivity contribution in [1.29, 1.82) is 0 Å². The van der Waals surface area contributed by atoms with Crippen molar-refractivity contribution in [2.45, 2.75) is 27.2 Å². The highest BCUT2D eigenvalue weighted by Crippen LogP contribution is 2.01. The summed E-state index contributed by atoms with van der Waals surface area (Å²) in [4.78, 5) is 3.95. The smallest absolute Gasteiger partial charge is 0.213 e. The first-order valence-electron chi connectivity index (χ1n) is 4.38. The average molecular weight is 167 g/mol. The summed E-state index contributed by atoms with van der Waals surface area (Å²) >= 11 is 0. The fourth-order valence-electron chi connectivity index (χ4n) is 0.580. The van der Waals surface area contributed by atoms with E-state index in [-0.39, 0.29) is 0 Å². The minimum atomic E-state index is 0.678. The van der Waals surface area contributed by atoms with Crippen LogP contribution in [0.5, 0.6) is 5.88 Å². The van der Waals surface area contributed by atoms with Crippen LogP contribution in [0.4, 0.5) is 0 Å². The molecule has 0 unspecified atom stereocenters. The predicted octanol–water partition coefficient (Wildman–Crippen LogP) is 2.90. The van der Waals surface area contributed by atoms with Gasteiger partial charge in [0.05, 0.1) is 6.61 Å². The maximum atomic E-state index is 5.09. The van der Waals surface area contributed by atoms with Gasteiger partial charge < -0.3 is 4.74 Å². The molecular weight excluding hydrogens is 150 g/mol. The van der Waals surface area contributed by atoms with Crippen LogP contribution < -0.4 is 4.74 Å². The van der Waals surface area contributed by atoms with Crippen LogP contribution in [-0.4, -0.2) is 11.6 Å². The zero-order valence-corrected chi connectivity index (χ0v) is 8.08. The maximum absolute atomic E-state index is 5.09. The molecule has 0 bridgehead atoms. The van der Waals surface area contributed by atoms with Crippen molar-refractivity contribution >= 4 is 0 Å². The van der Waals surface area contributed by atoms with E-state index in [2.05, 4.69) is 18.8 Å². The lowest BCUT2D eigenvalue weighted by Gasteiger charge is -1.97. The van der Waals surface area contributed by atoms with E-state index in [1.165, 1.54) is 6.42 Å². The highest BCUT2D eigenvalue weighted by atomic mass is 16.5. The van der Waals surface area contributed by atoms with Gasteiger partial charge in [0.2, 0.25) is 5.88 Å². The monoisotopic (exact) mass is 167 g/mol. The Morgan fingerprint density at radius 3 is 2.33 bits per heavy atom. The zero-order valence-electron chi connectivity index (χ0n) is 8.08. The van der Waals surface area contributed by atoms with Crippen LogP contribution in [0.1, 0.15) is 27.2 Å². The Morgan fingerprint density at radius 1 is 1.25 bits per heavy atom. The molecule has 2 nitrogen and oxygen atoms in total. The Hall–Kier alpha value is -1.05. The van der Waals surface area contributed by atoms with Gasteiger partial charge in [0.25, 0.3) is 0 Å². The van der Waals surface area contributed by atoms with Crippen LogP contribution in [0.25, 0.3) is 0 Å². The Balaban J connectivity index is 0.000000354. The summed E-state index contributed by atoms with van der Waals surface area (Å²) in [5, 5.41) is 0. The summed E-state index contributed by atoms with van der Waals surface area (Å²) in [6.45, 7) is 6.87. The molecule has 1 aromatic rings. The van der Waals surface area contributed by atoms with Crippen LogP contribution in [0.15, 0.2) is 24.4 Å². The van der Waals surface area contributed by atoms with Gasteiger partial charge in [-0.15, -0.1) is 0 Å². The molecular formula is C10H17NO. The number of aromatic nitrogens is 1. The number of nitrogens with zero attached hydrogens (tertiary/aromatic N) is 1. The SMILES string of the molecule is CCC.CCOc1ccccn1. The summed E-state index contributed by atoms with van der Waals surface area (Å²) in [5.74, 6) is 0.694. The number of ether oxygens (including phenoxy) is 1. The summed E-state index contributed by atoms with van der Waals surface area (Å²) in [6, 6.07) is 5.60. The first-order valence-corrected chi connectivity index (χ1v) is 4.38. The van der Waals surface area contributed by atoms with E-state index in [0.29, 0.717) is 12.5 Å². The highest BCUT2D eigenvalue weighted by molar-refractivity contribution is 5.08. The normalized spacial score (nSPS) is 8.25.